The highest BCUT2D eigenvalue weighted by Crippen LogP contribution is 2.37. The van der Waals surface area contributed by atoms with Crippen LogP contribution in [0.15, 0.2) is 18.5 Å². The number of nitrogens with zero attached hydrogens (tertiary/aromatic N) is 3. The molecule has 0 radical (unpaired) electrons. The van der Waals surface area contributed by atoms with Crippen molar-refractivity contribution < 1.29 is 13.2 Å². The minimum atomic E-state index is -4.49. The Bertz CT molecular complexity index is 625. The molecule has 0 bridgehead atoms. The first-order valence-corrected chi connectivity index (χ1v) is 5.19. The lowest BCUT2D eigenvalue weighted by atomic mass is 10.2. The zero-order chi connectivity index (χ0) is 13.5. The van der Waals surface area contributed by atoms with Crippen LogP contribution in [0.1, 0.15) is 25.1 Å². The molecule has 0 unspecified atom stereocenters. The van der Waals surface area contributed by atoms with Crippen LogP contribution >= 0.6 is 0 Å². The summed E-state index contributed by atoms with van der Waals surface area (Å²) in [5.74, 6) is -0.188. The van der Waals surface area contributed by atoms with Gasteiger partial charge in [-0.2, -0.15) is 18.3 Å². The first kappa shape index (κ1) is 12.4. The van der Waals surface area contributed by atoms with E-state index >= 15 is 0 Å². The van der Waals surface area contributed by atoms with Crippen LogP contribution in [0.2, 0.25) is 0 Å². The van der Waals surface area contributed by atoms with Gasteiger partial charge in [0.2, 0.25) is 0 Å². The fourth-order valence-corrected chi connectivity index (χ4v) is 1.71. The molecule has 7 heteroatoms. The third kappa shape index (κ3) is 1.81. The normalized spacial score (nSPS) is 13.3. The van der Waals surface area contributed by atoms with E-state index in [2.05, 4.69) is 10.1 Å². The second kappa shape index (κ2) is 4.01. The summed E-state index contributed by atoms with van der Waals surface area (Å²) in [6, 6.07) is 1.04. The molecule has 0 amide bonds. The minimum Gasteiger partial charge on any atom is -0.382 e. The van der Waals surface area contributed by atoms with Crippen LogP contribution in [0.25, 0.3) is 11.1 Å². The fourth-order valence-electron chi connectivity index (χ4n) is 1.71. The van der Waals surface area contributed by atoms with Crippen LogP contribution in [0.4, 0.5) is 19.0 Å². The van der Waals surface area contributed by atoms with Crippen molar-refractivity contribution in [3.63, 3.8) is 0 Å². The molecule has 0 aliphatic heterocycles. The predicted molar refractivity (Wildman–Crippen MR) is 61.7 cm³/mol. The summed E-state index contributed by atoms with van der Waals surface area (Å²) in [6.45, 7) is 3.45. The zero-order valence-corrected chi connectivity index (χ0v) is 9.78. The Morgan fingerprint density at radius 3 is 2.67 bits per heavy atom. The lowest BCUT2D eigenvalue weighted by Gasteiger charge is -2.05. The van der Waals surface area contributed by atoms with Crippen molar-refractivity contribution in [3.05, 3.63) is 29.7 Å². The van der Waals surface area contributed by atoms with Crippen molar-refractivity contribution in [3.8, 4) is 0 Å². The number of hydrogen-bond acceptors (Lipinski definition) is 3. The van der Waals surface area contributed by atoms with E-state index in [-0.39, 0.29) is 11.3 Å². The van der Waals surface area contributed by atoms with Gasteiger partial charge < -0.3 is 5.73 Å². The molecule has 2 aromatic heterocycles. The Morgan fingerprint density at radius 1 is 1.44 bits per heavy atom. The van der Waals surface area contributed by atoms with Gasteiger partial charge in [-0.05, 0) is 25.5 Å². The number of rotatable bonds is 1. The highest BCUT2D eigenvalue weighted by molar-refractivity contribution is 5.76. The third-order valence-corrected chi connectivity index (χ3v) is 2.73. The standard InChI is InChI=1S/C11H11F3N4/c1-3-6(2)8-4-7(11(12,13)14)9-10(15)16-5-17-18(8)9/h3-5H,1-2H3,(H2,15,16,17)/b6-3+. The lowest BCUT2D eigenvalue weighted by molar-refractivity contribution is -0.136. The summed E-state index contributed by atoms with van der Waals surface area (Å²) < 4.78 is 40.0. The number of aromatic nitrogens is 3. The van der Waals surface area contributed by atoms with Crippen molar-refractivity contribution in [2.45, 2.75) is 20.0 Å². The van der Waals surface area contributed by atoms with E-state index in [9.17, 15) is 13.2 Å². The van der Waals surface area contributed by atoms with E-state index in [0.717, 1.165) is 12.4 Å². The summed E-state index contributed by atoms with van der Waals surface area (Å²) in [5, 5.41) is 3.83. The van der Waals surface area contributed by atoms with Crippen LogP contribution in [0, 0.1) is 0 Å². The first-order valence-electron chi connectivity index (χ1n) is 5.19. The third-order valence-electron chi connectivity index (χ3n) is 2.73. The first-order chi connectivity index (χ1) is 8.36. The molecule has 0 aromatic carbocycles. The van der Waals surface area contributed by atoms with E-state index in [1.807, 2.05) is 0 Å². The molecule has 4 nitrogen and oxygen atoms in total. The molecule has 0 aliphatic rings. The van der Waals surface area contributed by atoms with Gasteiger partial charge in [0.05, 0.1) is 11.3 Å². The maximum absolute atomic E-state index is 12.9. The molecule has 96 valence electrons. The quantitative estimate of drug-likeness (QED) is 0.853. The van der Waals surface area contributed by atoms with Crippen LogP contribution < -0.4 is 5.73 Å². The van der Waals surface area contributed by atoms with Crippen LogP contribution in [0.3, 0.4) is 0 Å². The SMILES string of the molecule is C/C=C(\C)c1cc(C(F)(F)F)c2c(N)ncnn12. The van der Waals surface area contributed by atoms with Crippen molar-refractivity contribution in [1.29, 1.82) is 0 Å². The maximum Gasteiger partial charge on any atom is 0.418 e. The maximum atomic E-state index is 12.9. The van der Waals surface area contributed by atoms with Gasteiger partial charge in [-0.1, -0.05) is 6.08 Å². The van der Waals surface area contributed by atoms with Gasteiger partial charge in [-0.15, -0.1) is 0 Å². The van der Waals surface area contributed by atoms with E-state index in [1.165, 1.54) is 4.52 Å². The Labute approximate surface area is 101 Å². The second-order valence-corrected chi connectivity index (χ2v) is 3.82. The van der Waals surface area contributed by atoms with Crippen LogP contribution in [-0.2, 0) is 6.18 Å². The zero-order valence-electron chi connectivity index (χ0n) is 9.78. The fraction of sp³-hybridized carbons (Fsp3) is 0.273. The van der Waals surface area contributed by atoms with Gasteiger partial charge in [-0.25, -0.2) is 9.50 Å². The second-order valence-electron chi connectivity index (χ2n) is 3.82. The van der Waals surface area contributed by atoms with E-state index in [4.69, 9.17) is 5.73 Å². The monoisotopic (exact) mass is 256 g/mol. The molecule has 0 saturated carbocycles. The number of nitrogen functional groups attached to an aromatic ring is 1. The molecule has 0 aliphatic carbocycles. The van der Waals surface area contributed by atoms with Gasteiger partial charge >= 0.3 is 6.18 Å². The van der Waals surface area contributed by atoms with Crippen molar-refractivity contribution >= 4 is 16.9 Å². The highest BCUT2D eigenvalue weighted by atomic mass is 19.4. The van der Waals surface area contributed by atoms with Crippen molar-refractivity contribution in [2.24, 2.45) is 0 Å². The summed E-state index contributed by atoms with van der Waals surface area (Å²) in [7, 11) is 0. The molecule has 0 fully saturated rings. The number of hydrogen-bond donors (Lipinski definition) is 1. The number of anilines is 1. The molecule has 2 rings (SSSR count). The molecule has 18 heavy (non-hydrogen) atoms. The van der Waals surface area contributed by atoms with Crippen LogP contribution in [0.5, 0.6) is 0 Å². The molecule has 2 N–H and O–H groups in total. The van der Waals surface area contributed by atoms with Gasteiger partial charge in [-0.3, -0.25) is 0 Å². The molecule has 0 spiro atoms. The summed E-state index contributed by atoms with van der Waals surface area (Å²) in [5.41, 5.74) is 5.52. The van der Waals surface area contributed by atoms with Gasteiger partial charge in [0, 0.05) is 0 Å². The van der Waals surface area contributed by atoms with Crippen molar-refractivity contribution in [1.82, 2.24) is 14.6 Å². The van der Waals surface area contributed by atoms with Gasteiger partial charge in [0.25, 0.3) is 0 Å². The highest BCUT2D eigenvalue weighted by Gasteiger charge is 2.36. The van der Waals surface area contributed by atoms with Gasteiger partial charge in [0.15, 0.2) is 5.82 Å². The number of allylic oxidation sites excluding steroid dienone is 2. The Balaban J connectivity index is 2.89. The summed E-state index contributed by atoms with van der Waals surface area (Å²) in [6.07, 6.45) is -1.65. The van der Waals surface area contributed by atoms with E-state index < -0.39 is 11.7 Å². The molecule has 2 heterocycles. The lowest BCUT2D eigenvalue weighted by Crippen LogP contribution is -2.07. The number of alkyl halides is 3. The topological polar surface area (TPSA) is 56.2 Å². The number of halogens is 3. The number of fused-ring (bicyclic) bond motifs is 1. The Kier molecular flexibility index (Phi) is 2.76. The smallest absolute Gasteiger partial charge is 0.382 e. The molecule has 0 atom stereocenters. The largest absolute Gasteiger partial charge is 0.418 e. The van der Waals surface area contributed by atoms with E-state index in [1.54, 1.807) is 19.9 Å². The molecule has 0 saturated heterocycles. The average molecular weight is 256 g/mol. The van der Waals surface area contributed by atoms with Crippen molar-refractivity contribution in [2.75, 3.05) is 5.73 Å². The van der Waals surface area contributed by atoms with Crippen LogP contribution in [-0.4, -0.2) is 14.6 Å². The Hall–Kier alpha value is -2.05. The minimum absolute atomic E-state index is 0.188. The summed E-state index contributed by atoms with van der Waals surface area (Å²) in [4.78, 5) is 3.61. The summed E-state index contributed by atoms with van der Waals surface area (Å²) >= 11 is 0. The molecular formula is C11H11F3N4. The predicted octanol–water partition coefficient (Wildman–Crippen LogP) is 2.75. The number of nitrogens with two attached hydrogens (primary N) is 1. The molecule has 2 aromatic rings. The average Bonchev–Trinajstić information content (AvgIpc) is 2.68. The van der Waals surface area contributed by atoms with Gasteiger partial charge in [0.1, 0.15) is 11.8 Å². The Morgan fingerprint density at radius 2 is 2.11 bits per heavy atom. The van der Waals surface area contributed by atoms with E-state index in [0.29, 0.717) is 11.3 Å². The molecular weight excluding hydrogens is 245 g/mol.